The third-order valence-electron chi connectivity index (χ3n) is 5.13. The van der Waals surface area contributed by atoms with Crippen LogP contribution in [0.25, 0.3) is 6.08 Å². The van der Waals surface area contributed by atoms with Gasteiger partial charge in [-0.15, -0.1) is 5.10 Å². The summed E-state index contributed by atoms with van der Waals surface area (Å²) in [5.74, 6) is 1.52. The Labute approximate surface area is 218 Å². The molecule has 37 heavy (non-hydrogen) atoms. The summed E-state index contributed by atoms with van der Waals surface area (Å²) >= 11 is 0.735. The number of thioether (sulfide) groups is 1. The van der Waals surface area contributed by atoms with Crippen LogP contribution in [0.2, 0.25) is 0 Å². The number of ether oxygens (including phenoxy) is 4. The van der Waals surface area contributed by atoms with Crippen LogP contribution in [0, 0.1) is 5.41 Å². The van der Waals surface area contributed by atoms with E-state index in [0.717, 1.165) is 34.5 Å². The molecule has 2 heterocycles. The molecular weight excluding hydrogens is 520 g/mol. The topological polar surface area (TPSA) is 140 Å². The Balaban J connectivity index is 1.39. The van der Waals surface area contributed by atoms with E-state index in [0.29, 0.717) is 36.7 Å². The van der Waals surface area contributed by atoms with Crippen LogP contribution in [0.1, 0.15) is 12.0 Å². The molecule has 2 aromatic rings. The number of methoxy groups -OCH3 is 2. The Morgan fingerprint density at radius 3 is 2.38 bits per heavy atom. The second kappa shape index (κ2) is 11.0. The van der Waals surface area contributed by atoms with E-state index in [2.05, 4.69) is 10.1 Å². The molecule has 11 nitrogen and oxygen atoms in total. The number of carbonyl (C=O) groups is 1. The molecule has 2 aliphatic heterocycles. The Morgan fingerprint density at radius 1 is 1.00 bits per heavy atom. The van der Waals surface area contributed by atoms with Crippen molar-refractivity contribution in [1.82, 2.24) is 5.01 Å². The number of aliphatic imine (C=N–C) groups is 1. The first-order valence-electron chi connectivity index (χ1n) is 11.0. The maximum atomic E-state index is 12.6. The zero-order valence-electron chi connectivity index (χ0n) is 20.3. The van der Waals surface area contributed by atoms with Gasteiger partial charge < -0.3 is 18.9 Å². The van der Waals surface area contributed by atoms with Gasteiger partial charge in [-0.2, -0.15) is 10.0 Å². The molecule has 1 amide bonds. The molecule has 1 N–H and O–H groups in total. The van der Waals surface area contributed by atoms with Crippen LogP contribution < -0.4 is 18.9 Å². The lowest BCUT2D eigenvalue weighted by atomic mass is 10.1. The zero-order chi connectivity index (χ0) is 26.6. The van der Waals surface area contributed by atoms with Crippen molar-refractivity contribution in [3.05, 3.63) is 53.6 Å². The van der Waals surface area contributed by atoms with Crippen LogP contribution in [0.5, 0.6) is 23.0 Å². The first-order valence-corrected chi connectivity index (χ1v) is 13.7. The van der Waals surface area contributed by atoms with E-state index in [1.54, 1.807) is 25.3 Å². The fourth-order valence-electron chi connectivity index (χ4n) is 3.29. The minimum absolute atomic E-state index is 0.0323. The molecule has 0 atom stereocenters. The summed E-state index contributed by atoms with van der Waals surface area (Å²) in [5.41, 5.74) is 0.534. The first kappa shape index (κ1) is 26.2. The summed E-state index contributed by atoms with van der Waals surface area (Å²) < 4.78 is 45.5. The number of nitrogens with zero attached hydrogens (tertiary/aromatic N) is 3. The van der Waals surface area contributed by atoms with Gasteiger partial charge in [0.25, 0.3) is 5.91 Å². The van der Waals surface area contributed by atoms with Crippen LogP contribution in [0.4, 0.5) is 0 Å². The molecule has 2 aliphatic rings. The van der Waals surface area contributed by atoms with Gasteiger partial charge in [0.15, 0.2) is 17.3 Å². The molecule has 0 fully saturated rings. The molecule has 0 aromatic heterocycles. The highest BCUT2D eigenvalue weighted by Gasteiger charge is 2.38. The molecule has 0 unspecified atom stereocenters. The number of fused-ring (bicyclic) bond motifs is 1. The van der Waals surface area contributed by atoms with Gasteiger partial charge in [-0.25, -0.2) is 8.42 Å². The number of rotatable bonds is 9. The predicted molar refractivity (Wildman–Crippen MR) is 141 cm³/mol. The standard InChI is InChI=1S/C24H24N4O7S2/c1-32-16-6-8-17(9-7-16)34-11-4-12-35-19-10-5-15(14-20(19)33-2)13-18-21(25)28-23(26-22(18)29)36-24(27-28)37(3,30)31/h5-10,13-14,25H,4,11-12H2,1-3H3/b18-13+,25-21?. The maximum Gasteiger partial charge on any atom is 0.283 e. The summed E-state index contributed by atoms with van der Waals surface area (Å²) in [5, 5.41) is 13.4. The van der Waals surface area contributed by atoms with E-state index < -0.39 is 15.7 Å². The van der Waals surface area contributed by atoms with E-state index in [4.69, 9.17) is 24.4 Å². The summed E-state index contributed by atoms with van der Waals surface area (Å²) in [6.07, 6.45) is 3.11. The third-order valence-corrected chi connectivity index (χ3v) is 7.70. The lowest BCUT2D eigenvalue weighted by molar-refractivity contribution is -0.114. The number of benzene rings is 2. The normalized spacial score (nSPS) is 16.3. The van der Waals surface area contributed by atoms with Crippen LogP contribution in [0.3, 0.4) is 0 Å². The molecular formula is C24H24N4O7S2. The molecule has 2 aromatic carbocycles. The highest BCUT2D eigenvalue weighted by Crippen LogP contribution is 2.32. The Hall–Kier alpha value is -3.84. The summed E-state index contributed by atoms with van der Waals surface area (Å²) in [6.45, 7) is 0.852. The zero-order valence-corrected chi connectivity index (χ0v) is 21.9. The van der Waals surface area contributed by atoms with E-state index in [-0.39, 0.29) is 21.0 Å². The van der Waals surface area contributed by atoms with Crippen LogP contribution >= 0.6 is 11.8 Å². The smallest absolute Gasteiger partial charge is 0.283 e. The molecule has 0 radical (unpaired) electrons. The van der Waals surface area contributed by atoms with Crippen molar-refractivity contribution in [2.24, 2.45) is 10.1 Å². The van der Waals surface area contributed by atoms with Crippen molar-refractivity contribution in [2.75, 3.05) is 33.7 Å². The van der Waals surface area contributed by atoms with Gasteiger partial charge in [0.2, 0.25) is 19.4 Å². The average molecular weight is 545 g/mol. The number of hydrogen-bond donors (Lipinski definition) is 1. The maximum absolute atomic E-state index is 12.6. The van der Waals surface area contributed by atoms with Gasteiger partial charge in [-0.05, 0) is 59.8 Å². The average Bonchev–Trinajstić information content (AvgIpc) is 3.32. The summed E-state index contributed by atoms with van der Waals surface area (Å²) in [7, 11) is -0.494. The monoisotopic (exact) mass is 544 g/mol. The van der Waals surface area contributed by atoms with Crippen LogP contribution in [-0.2, 0) is 14.6 Å². The Kier molecular flexibility index (Phi) is 7.83. The number of sulfone groups is 1. The Morgan fingerprint density at radius 2 is 1.70 bits per heavy atom. The van der Waals surface area contributed by atoms with Crippen molar-refractivity contribution in [1.29, 1.82) is 5.41 Å². The first-order chi connectivity index (χ1) is 17.7. The minimum Gasteiger partial charge on any atom is -0.497 e. The predicted octanol–water partition coefficient (Wildman–Crippen LogP) is 3.17. The molecule has 194 valence electrons. The number of nitrogens with one attached hydrogen (secondary N) is 1. The summed E-state index contributed by atoms with van der Waals surface area (Å²) in [6, 6.07) is 12.4. The largest absolute Gasteiger partial charge is 0.497 e. The second-order valence-electron chi connectivity index (χ2n) is 7.79. The number of hydrazone groups is 1. The van der Waals surface area contributed by atoms with Gasteiger partial charge in [0.05, 0.1) is 33.0 Å². The highest BCUT2D eigenvalue weighted by molar-refractivity contribution is 8.42. The quantitative estimate of drug-likeness (QED) is 0.372. The van der Waals surface area contributed by atoms with E-state index in [1.807, 2.05) is 24.3 Å². The highest BCUT2D eigenvalue weighted by atomic mass is 32.3. The van der Waals surface area contributed by atoms with E-state index in [1.165, 1.54) is 13.2 Å². The van der Waals surface area contributed by atoms with Crippen molar-refractivity contribution in [3.63, 3.8) is 0 Å². The minimum atomic E-state index is -3.60. The molecule has 0 bridgehead atoms. The molecule has 0 saturated heterocycles. The molecule has 0 aliphatic carbocycles. The number of amidine groups is 2. The van der Waals surface area contributed by atoms with E-state index in [9.17, 15) is 13.2 Å². The third kappa shape index (κ3) is 6.12. The van der Waals surface area contributed by atoms with Crippen molar-refractivity contribution >= 4 is 49.0 Å². The van der Waals surface area contributed by atoms with Gasteiger partial charge in [0.1, 0.15) is 11.5 Å². The van der Waals surface area contributed by atoms with Gasteiger partial charge >= 0.3 is 0 Å². The fraction of sp³-hybridized carbons (Fsp3) is 0.250. The number of amides is 1. The lowest BCUT2D eigenvalue weighted by Gasteiger charge is -2.20. The Bertz CT molecular complexity index is 1420. The summed E-state index contributed by atoms with van der Waals surface area (Å²) in [4.78, 5) is 16.4. The van der Waals surface area contributed by atoms with Gasteiger partial charge in [-0.3, -0.25) is 10.2 Å². The van der Waals surface area contributed by atoms with Gasteiger partial charge in [0, 0.05) is 12.7 Å². The lowest BCUT2D eigenvalue weighted by Crippen LogP contribution is -2.35. The van der Waals surface area contributed by atoms with Crippen molar-refractivity contribution < 1.29 is 32.2 Å². The number of carbonyl (C=O) groups excluding carboxylic acids is 1. The van der Waals surface area contributed by atoms with E-state index >= 15 is 0 Å². The van der Waals surface area contributed by atoms with Crippen molar-refractivity contribution in [3.8, 4) is 23.0 Å². The second-order valence-corrected chi connectivity index (χ2v) is 10.9. The molecule has 0 spiro atoms. The van der Waals surface area contributed by atoms with Gasteiger partial charge in [-0.1, -0.05) is 6.07 Å². The SMILES string of the molecule is COc1ccc(OCCCOc2ccc(/C=C3\C(=N)N4N=C(S(C)(=O)=O)SC4=NC3=O)cc2OC)cc1. The number of hydrogen-bond acceptors (Lipinski definition) is 10. The van der Waals surface area contributed by atoms with Crippen molar-refractivity contribution in [2.45, 2.75) is 6.42 Å². The molecule has 13 heteroatoms. The molecule has 4 rings (SSSR count). The fourth-order valence-corrected chi connectivity index (χ4v) is 4.97. The van der Waals surface area contributed by atoms with Crippen LogP contribution in [-0.4, -0.2) is 68.4 Å². The molecule has 0 saturated carbocycles. The van der Waals surface area contributed by atoms with Crippen LogP contribution in [0.15, 0.2) is 58.1 Å².